The average molecular weight is 555 g/mol. The lowest BCUT2D eigenvalue weighted by Gasteiger charge is -2.36. The summed E-state index contributed by atoms with van der Waals surface area (Å²) >= 11 is 0. The second-order valence-electron chi connectivity index (χ2n) is 12.1. The van der Waals surface area contributed by atoms with Crippen molar-refractivity contribution in [3.05, 3.63) is 41.0 Å². The van der Waals surface area contributed by atoms with E-state index in [0.717, 1.165) is 50.2 Å². The van der Waals surface area contributed by atoms with Crippen molar-refractivity contribution >= 4 is 17.7 Å². The van der Waals surface area contributed by atoms with E-state index in [1.807, 2.05) is 24.3 Å². The van der Waals surface area contributed by atoms with Crippen molar-refractivity contribution < 1.29 is 19.1 Å². The molecular weight excluding hydrogens is 504 g/mol. The molecule has 2 aliphatic rings. The summed E-state index contributed by atoms with van der Waals surface area (Å²) in [6.45, 7) is 11.9. The quantitative estimate of drug-likeness (QED) is 0.517. The van der Waals surface area contributed by atoms with E-state index in [9.17, 15) is 14.4 Å². The molecule has 0 aromatic heterocycles. The number of hydrogen-bond donors (Lipinski definition) is 2. The van der Waals surface area contributed by atoms with Crippen molar-refractivity contribution in [3.63, 3.8) is 0 Å². The number of carbonyl (C=O) groups is 3. The number of carbonyl (C=O) groups excluding carboxylic acids is 3. The van der Waals surface area contributed by atoms with Gasteiger partial charge < -0.3 is 25.2 Å². The van der Waals surface area contributed by atoms with Gasteiger partial charge in [-0.3, -0.25) is 14.4 Å². The predicted molar refractivity (Wildman–Crippen MR) is 159 cm³/mol. The highest BCUT2D eigenvalue weighted by molar-refractivity contribution is 5.92. The van der Waals surface area contributed by atoms with Crippen LogP contribution in [0.25, 0.3) is 0 Å². The Morgan fingerprint density at radius 2 is 1.73 bits per heavy atom. The zero-order chi connectivity index (χ0) is 29.3. The van der Waals surface area contributed by atoms with Crippen LogP contribution in [0.3, 0.4) is 0 Å². The summed E-state index contributed by atoms with van der Waals surface area (Å²) in [5.74, 6) is 0.129. The molecule has 40 heavy (non-hydrogen) atoms. The number of ether oxygens (including phenoxy) is 1. The van der Waals surface area contributed by atoms with E-state index in [1.54, 1.807) is 26.7 Å². The van der Waals surface area contributed by atoms with Crippen LogP contribution in [-0.2, 0) is 20.8 Å². The van der Waals surface area contributed by atoms with Gasteiger partial charge in [0, 0.05) is 33.0 Å². The number of rotatable bonds is 6. The van der Waals surface area contributed by atoms with Gasteiger partial charge in [-0.2, -0.15) is 0 Å². The van der Waals surface area contributed by atoms with E-state index in [2.05, 4.69) is 36.3 Å². The Kier molecular flexibility index (Phi) is 11.6. The number of amides is 3. The molecular formula is C32H50N4O4. The lowest BCUT2D eigenvalue weighted by atomic mass is 9.71. The second kappa shape index (κ2) is 14.7. The fraction of sp³-hybridized carbons (Fsp3) is 0.656. The van der Waals surface area contributed by atoms with Crippen molar-refractivity contribution in [2.24, 2.45) is 5.41 Å². The fourth-order valence-electron chi connectivity index (χ4n) is 6.03. The third-order valence-corrected chi connectivity index (χ3v) is 8.73. The van der Waals surface area contributed by atoms with E-state index in [1.165, 1.54) is 29.7 Å². The molecule has 1 saturated heterocycles. The molecule has 2 N–H and O–H groups in total. The largest absolute Gasteiger partial charge is 0.497 e. The van der Waals surface area contributed by atoms with Gasteiger partial charge in [-0.25, -0.2) is 0 Å². The highest BCUT2D eigenvalue weighted by Gasteiger charge is 2.31. The van der Waals surface area contributed by atoms with E-state index in [4.69, 9.17) is 4.74 Å². The summed E-state index contributed by atoms with van der Waals surface area (Å²) in [5.41, 5.74) is 4.26. The van der Waals surface area contributed by atoms with Gasteiger partial charge in [-0.05, 0) is 88.6 Å². The first-order valence-electron chi connectivity index (χ1n) is 14.9. The second-order valence-corrected chi connectivity index (χ2v) is 12.1. The van der Waals surface area contributed by atoms with Gasteiger partial charge in [0.05, 0.1) is 7.11 Å². The highest BCUT2D eigenvalue weighted by Crippen LogP contribution is 2.41. The molecule has 8 heteroatoms. The molecule has 1 aliphatic carbocycles. The van der Waals surface area contributed by atoms with Crippen molar-refractivity contribution in [3.8, 4) is 5.75 Å². The molecule has 1 fully saturated rings. The van der Waals surface area contributed by atoms with Crippen LogP contribution in [0, 0.1) is 5.41 Å². The van der Waals surface area contributed by atoms with Crippen LogP contribution >= 0.6 is 0 Å². The molecule has 1 aromatic carbocycles. The predicted octanol–water partition coefficient (Wildman–Crippen LogP) is 4.09. The molecule has 8 nitrogen and oxygen atoms in total. The zero-order valence-corrected chi connectivity index (χ0v) is 25.5. The molecule has 3 amide bonds. The number of allylic oxidation sites excluding steroid dienone is 1. The van der Waals surface area contributed by atoms with Crippen LogP contribution in [-0.4, -0.2) is 79.9 Å². The average Bonchev–Trinajstić information content (AvgIpc) is 2.92. The first-order chi connectivity index (χ1) is 19.0. The van der Waals surface area contributed by atoms with Crippen molar-refractivity contribution in [2.75, 3.05) is 40.3 Å². The van der Waals surface area contributed by atoms with Gasteiger partial charge in [0.2, 0.25) is 17.7 Å². The first kappa shape index (κ1) is 31.7. The van der Waals surface area contributed by atoms with Crippen LogP contribution < -0.4 is 15.4 Å². The maximum Gasteiger partial charge on any atom is 0.245 e. The Hall–Kier alpha value is -2.87. The van der Waals surface area contributed by atoms with Gasteiger partial charge in [0.15, 0.2) is 0 Å². The first-order valence-corrected chi connectivity index (χ1v) is 14.9. The van der Waals surface area contributed by atoms with Crippen LogP contribution in [0.4, 0.5) is 0 Å². The van der Waals surface area contributed by atoms with Gasteiger partial charge in [-0.1, -0.05) is 37.1 Å². The molecule has 0 bridgehead atoms. The fourth-order valence-corrected chi connectivity index (χ4v) is 6.03. The topological polar surface area (TPSA) is 91.0 Å². The molecule has 1 aliphatic heterocycles. The number of nitrogens with one attached hydrogen (secondary N) is 2. The van der Waals surface area contributed by atoms with E-state index >= 15 is 0 Å². The Bertz CT molecular complexity index is 1050. The number of likely N-dealkylation sites (N-methyl/N-ethyl adjacent to an activating group) is 1. The zero-order valence-electron chi connectivity index (χ0n) is 25.5. The van der Waals surface area contributed by atoms with Crippen LogP contribution in [0.2, 0.25) is 0 Å². The Morgan fingerprint density at radius 3 is 2.40 bits per heavy atom. The van der Waals surface area contributed by atoms with Crippen LogP contribution in [0.5, 0.6) is 5.75 Å². The van der Waals surface area contributed by atoms with Gasteiger partial charge in [-0.15, -0.1) is 0 Å². The molecule has 0 unspecified atom stereocenters. The smallest absolute Gasteiger partial charge is 0.245 e. The molecule has 0 spiro atoms. The normalized spacial score (nSPS) is 24.1. The Morgan fingerprint density at radius 1 is 1.02 bits per heavy atom. The lowest BCUT2D eigenvalue weighted by Crippen LogP contribution is -2.54. The third kappa shape index (κ3) is 8.82. The lowest BCUT2D eigenvalue weighted by molar-refractivity contribution is -0.141. The molecule has 2 atom stereocenters. The summed E-state index contributed by atoms with van der Waals surface area (Å²) in [6.07, 6.45) is 6.95. The minimum Gasteiger partial charge on any atom is -0.497 e. The molecule has 222 valence electrons. The van der Waals surface area contributed by atoms with E-state index in [-0.39, 0.29) is 23.1 Å². The van der Waals surface area contributed by atoms with Crippen LogP contribution in [0.15, 0.2) is 35.4 Å². The van der Waals surface area contributed by atoms with Gasteiger partial charge in [0.25, 0.3) is 0 Å². The van der Waals surface area contributed by atoms with E-state index < -0.39 is 12.1 Å². The molecule has 0 saturated carbocycles. The molecule has 1 heterocycles. The van der Waals surface area contributed by atoms with Gasteiger partial charge in [0.1, 0.15) is 17.8 Å². The molecule has 0 radical (unpaired) electrons. The van der Waals surface area contributed by atoms with Crippen molar-refractivity contribution in [2.45, 2.75) is 91.1 Å². The standard InChI is InChI=1S/C32H50N4O4/c1-23-10-7-17-32(3,4)27(23)16-21-36-19-8-11-29(37)34-28(22-25-12-14-26(40-6)15-13-25)31(39)35(5)24(2)30(38)33-18-9-20-36/h12-15,24,28H,7-11,16-22H2,1-6H3,(H,33,38)(H,34,37)/t24-,28-/m0/s1. The van der Waals surface area contributed by atoms with E-state index in [0.29, 0.717) is 19.4 Å². The minimum absolute atomic E-state index is 0.140. The minimum atomic E-state index is -0.758. The maximum absolute atomic E-state index is 13.5. The number of nitrogens with zero attached hydrogens (tertiary/aromatic N) is 2. The number of hydrogen-bond acceptors (Lipinski definition) is 5. The van der Waals surface area contributed by atoms with Gasteiger partial charge >= 0.3 is 0 Å². The highest BCUT2D eigenvalue weighted by atomic mass is 16.5. The summed E-state index contributed by atoms with van der Waals surface area (Å²) in [7, 11) is 3.24. The maximum atomic E-state index is 13.5. The summed E-state index contributed by atoms with van der Waals surface area (Å²) in [4.78, 5) is 43.3. The molecule has 3 rings (SSSR count). The van der Waals surface area contributed by atoms with Crippen molar-refractivity contribution in [1.82, 2.24) is 20.4 Å². The van der Waals surface area contributed by atoms with Crippen molar-refractivity contribution in [1.29, 1.82) is 0 Å². The monoisotopic (exact) mass is 554 g/mol. The summed E-state index contributed by atoms with van der Waals surface area (Å²) < 4.78 is 5.25. The summed E-state index contributed by atoms with van der Waals surface area (Å²) in [6, 6.07) is 6.07. The molecule has 1 aromatic rings. The number of benzene rings is 1. The SMILES string of the molecule is COc1ccc(C[C@@H]2NC(=O)CCCN(CCC3=C(C)CCCC3(C)C)CCCNC(=O)[C@H](C)N(C)C2=O)cc1. The number of methoxy groups -OCH3 is 1. The third-order valence-electron chi connectivity index (χ3n) is 8.73. The Labute approximate surface area is 240 Å². The summed E-state index contributed by atoms with van der Waals surface area (Å²) in [5, 5.41) is 5.99. The van der Waals surface area contributed by atoms with Crippen LogP contribution in [0.1, 0.15) is 78.2 Å². The Balaban J connectivity index is 1.72.